The Bertz CT molecular complexity index is 1660. The van der Waals surface area contributed by atoms with E-state index in [1.165, 1.54) is 33.2 Å². The number of Topliss-reactive ketones (excluding diaryl/α,β-unsaturated/α-hetero) is 1. The first kappa shape index (κ1) is 33.3. The number of anilines is 1. The Hall–Kier alpha value is -4.63. The lowest BCUT2D eigenvalue weighted by molar-refractivity contribution is -0.143. The minimum absolute atomic E-state index is 0.0136. The number of hydrogen-bond donors (Lipinski definition) is 0. The molecule has 0 unspecified atom stereocenters. The Labute approximate surface area is 250 Å². The predicted octanol–water partition coefficient (Wildman–Crippen LogP) is 7.28. The van der Waals surface area contributed by atoms with E-state index in [0.717, 1.165) is 21.8 Å². The predicted molar refractivity (Wildman–Crippen MR) is 143 cm³/mol. The topological polar surface area (TPSA) is 73.1 Å². The number of ether oxygens (including phenoxy) is 1. The summed E-state index contributed by atoms with van der Waals surface area (Å²) in [5.41, 5.74) is -3.68. The molecular weight excluding hydrogens is 621 g/mol. The third-order valence-corrected chi connectivity index (χ3v) is 6.60. The van der Waals surface area contributed by atoms with Crippen LogP contribution in [-0.2, 0) is 49.9 Å². The number of ketones is 1. The highest BCUT2D eigenvalue weighted by Crippen LogP contribution is 2.40. The number of aromatic nitrogens is 4. The first-order chi connectivity index (χ1) is 20.8. The number of carbonyl (C=O) groups excluding carboxylic acids is 1. The second-order valence-electron chi connectivity index (χ2n) is 10.1. The van der Waals surface area contributed by atoms with Crippen LogP contribution < -0.4 is 9.64 Å². The Balaban J connectivity index is 1.90. The highest BCUT2D eigenvalue weighted by molar-refractivity contribution is 5.80. The fraction of sp³-hybridized carbons (Fsp3) is 0.310. The van der Waals surface area contributed by atoms with Gasteiger partial charge in [0.15, 0.2) is 0 Å². The third-order valence-electron chi connectivity index (χ3n) is 6.60. The van der Waals surface area contributed by atoms with Gasteiger partial charge in [-0.1, -0.05) is 17.2 Å². The average Bonchev–Trinajstić information content (AvgIpc) is 3.37. The highest BCUT2D eigenvalue weighted by atomic mass is 19.4. The average molecular weight is 646 g/mol. The van der Waals surface area contributed by atoms with Crippen molar-refractivity contribution in [1.29, 1.82) is 0 Å². The zero-order valence-electron chi connectivity index (χ0n) is 23.8. The van der Waals surface area contributed by atoms with Crippen LogP contribution in [0.4, 0.5) is 45.5 Å². The second kappa shape index (κ2) is 12.4. The van der Waals surface area contributed by atoms with Crippen molar-refractivity contribution in [3.05, 3.63) is 88.0 Å². The van der Waals surface area contributed by atoms with Crippen LogP contribution in [0, 0.1) is 0 Å². The van der Waals surface area contributed by atoms with E-state index in [1.54, 1.807) is 12.1 Å². The summed E-state index contributed by atoms with van der Waals surface area (Å²) >= 11 is 0. The molecule has 7 nitrogen and oxygen atoms in total. The van der Waals surface area contributed by atoms with Crippen molar-refractivity contribution >= 4 is 11.7 Å². The quantitative estimate of drug-likeness (QED) is 0.178. The Morgan fingerprint density at radius 2 is 1.40 bits per heavy atom. The summed E-state index contributed by atoms with van der Waals surface area (Å²) < 4.78 is 128. The number of nitrogens with zero attached hydrogens (tertiary/aromatic N) is 5. The number of halogens is 9. The van der Waals surface area contributed by atoms with Crippen molar-refractivity contribution in [1.82, 2.24) is 20.2 Å². The first-order valence-electron chi connectivity index (χ1n) is 13.0. The largest absolute Gasteiger partial charge is 0.496 e. The van der Waals surface area contributed by atoms with Gasteiger partial charge in [0.05, 0.1) is 30.8 Å². The molecule has 0 aliphatic rings. The molecule has 45 heavy (non-hydrogen) atoms. The van der Waals surface area contributed by atoms with Gasteiger partial charge in [-0.3, -0.25) is 4.79 Å². The summed E-state index contributed by atoms with van der Waals surface area (Å²) in [5, 5.41) is 11.5. The van der Waals surface area contributed by atoms with Gasteiger partial charge in [-0.2, -0.15) is 44.3 Å². The van der Waals surface area contributed by atoms with E-state index in [4.69, 9.17) is 4.74 Å². The van der Waals surface area contributed by atoms with Crippen LogP contribution in [0.5, 0.6) is 5.75 Å². The Morgan fingerprint density at radius 1 is 0.778 bits per heavy atom. The number of tetrazole rings is 1. The maximum atomic E-state index is 13.9. The smallest absolute Gasteiger partial charge is 0.416 e. The zero-order valence-corrected chi connectivity index (χ0v) is 23.8. The molecule has 1 aromatic heterocycles. The summed E-state index contributed by atoms with van der Waals surface area (Å²) in [7, 11) is 2.68. The summed E-state index contributed by atoms with van der Waals surface area (Å²) in [6.07, 6.45) is -15.0. The number of methoxy groups -OCH3 is 1. The lowest BCUT2D eigenvalue weighted by Gasteiger charge is -2.25. The van der Waals surface area contributed by atoms with E-state index in [9.17, 15) is 44.3 Å². The summed E-state index contributed by atoms with van der Waals surface area (Å²) in [6.45, 7) is 0.176. The molecule has 0 bridgehead atoms. The van der Waals surface area contributed by atoms with E-state index >= 15 is 0 Å². The van der Waals surface area contributed by atoms with Crippen LogP contribution in [0.1, 0.15) is 40.3 Å². The van der Waals surface area contributed by atoms with Gasteiger partial charge in [-0.15, -0.1) is 5.10 Å². The van der Waals surface area contributed by atoms with E-state index in [1.807, 2.05) is 0 Å². The van der Waals surface area contributed by atoms with Crippen molar-refractivity contribution in [2.45, 2.75) is 45.0 Å². The molecule has 4 aromatic rings. The molecule has 3 aromatic carbocycles. The summed E-state index contributed by atoms with van der Waals surface area (Å²) in [5.74, 6) is -0.220. The van der Waals surface area contributed by atoms with Gasteiger partial charge in [0.2, 0.25) is 0 Å². The molecule has 0 N–H and O–H groups in total. The molecular formula is C29H24F9N5O2. The molecule has 1 heterocycles. The van der Waals surface area contributed by atoms with E-state index in [2.05, 4.69) is 15.4 Å². The molecule has 240 valence electrons. The maximum absolute atomic E-state index is 13.9. The van der Waals surface area contributed by atoms with Gasteiger partial charge in [-0.25, -0.2) is 0 Å². The SMILES string of the molecule is COc1ccc(CC(C)=O)cc1-c1ccc(C(F)(F)F)cc1CN(Cc1cc(C(F)(F)F)cc(C(F)(F)F)c1)c1nnn(C)n1. The number of hydrogen-bond acceptors (Lipinski definition) is 6. The van der Waals surface area contributed by atoms with E-state index in [0.29, 0.717) is 23.3 Å². The fourth-order valence-corrected chi connectivity index (χ4v) is 4.66. The zero-order chi connectivity index (χ0) is 33.3. The Kier molecular flexibility index (Phi) is 9.17. The Morgan fingerprint density at radius 3 is 1.91 bits per heavy atom. The van der Waals surface area contributed by atoms with Gasteiger partial charge in [0, 0.05) is 25.1 Å². The van der Waals surface area contributed by atoms with Crippen LogP contribution in [0.3, 0.4) is 0 Å². The second-order valence-corrected chi connectivity index (χ2v) is 10.1. The fourth-order valence-electron chi connectivity index (χ4n) is 4.66. The molecule has 0 amide bonds. The number of aryl methyl sites for hydroxylation is 1. The number of benzene rings is 3. The molecule has 0 saturated heterocycles. The van der Waals surface area contributed by atoms with Crippen molar-refractivity contribution < 1.29 is 49.0 Å². The standard InChI is InChI=1S/C29H24F9N5O2/c1-16(44)8-17-4-7-25(45-3)24(11-17)23-6-5-20(27(30,31)32)12-19(23)15-43(26-39-41-42(2)40-26)14-18-9-21(28(33,34)35)13-22(10-18)29(36,37)38/h4-7,9-13H,8,14-15H2,1-3H3. The highest BCUT2D eigenvalue weighted by Gasteiger charge is 2.37. The van der Waals surface area contributed by atoms with Crippen molar-refractivity contribution in [2.75, 3.05) is 12.0 Å². The van der Waals surface area contributed by atoms with Gasteiger partial charge in [0.25, 0.3) is 5.95 Å². The first-order valence-corrected chi connectivity index (χ1v) is 13.0. The van der Waals surface area contributed by atoms with Crippen LogP contribution in [0.2, 0.25) is 0 Å². The number of rotatable bonds is 9. The van der Waals surface area contributed by atoms with Crippen molar-refractivity contribution in [2.24, 2.45) is 7.05 Å². The molecule has 16 heteroatoms. The molecule has 4 rings (SSSR count). The lowest BCUT2D eigenvalue weighted by atomic mass is 9.93. The minimum Gasteiger partial charge on any atom is -0.496 e. The van der Waals surface area contributed by atoms with Gasteiger partial charge < -0.3 is 9.64 Å². The summed E-state index contributed by atoms with van der Waals surface area (Å²) in [4.78, 5) is 13.8. The van der Waals surface area contributed by atoms with Crippen molar-refractivity contribution in [3.8, 4) is 16.9 Å². The van der Waals surface area contributed by atoms with Crippen LogP contribution in [0.25, 0.3) is 11.1 Å². The monoisotopic (exact) mass is 645 g/mol. The molecule has 0 aliphatic carbocycles. The van der Waals surface area contributed by atoms with E-state index < -0.39 is 53.9 Å². The molecule has 0 spiro atoms. The molecule has 0 saturated carbocycles. The molecule has 0 atom stereocenters. The third kappa shape index (κ3) is 8.10. The van der Waals surface area contributed by atoms with Gasteiger partial charge in [-0.05, 0) is 76.9 Å². The minimum atomic E-state index is -5.12. The lowest BCUT2D eigenvalue weighted by Crippen LogP contribution is -2.25. The van der Waals surface area contributed by atoms with Gasteiger partial charge >= 0.3 is 18.5 Å². The number of alkyl halides is 9. The molecule has 0 radical (unpaired) electrons. The van der Waals surface area contributed by atoms with Gasteiger partial charge in [0.1, 0.15) is 11.5 Å². The molecule has 0 fully saturated rings. The summed E-state index contributed by atoms with van der Waals surface area (Å²) in [6, 6.07) is 8.49. The van der Waals surface area contributed by atoms with Crippen LogP contribution >= 0.6 is 0 Å². The van der Waals surface area contributed by atoms with Crippen molar-refractivity contribution in [3.63, 3.8) is 0 Å². The maximum Gasteiger partial charge on any atom is 0.416 e. The number of carbonyl (C=O) groups is 1. The molecule has 0 aliphatic heterocycles. The normalized spacial score (nSPS) is 12.4. The van der Waals surface area contributed by atoms with E-state index in [-0.39, 0.29) is 41.1 Å². The van der Waals surface area contributed by atoms with Crippen LogP contribution in [-0.4, -0.2) is 33.1 Å². The van der Waals surface area contributed by atoms with Crippen LogP contribution in [0.15, 0.2) is 54.6 Å².